The van der Waals surface area contributed by atoms with Gasteiger partial charge in [-0.2, -0.15) is 9.61 Å². The van der Waals surface area contributed by atoms with Gasteiger partial charge >= 0.3 is 6.09 Å². The maximum Gasteiger partial charge on any atom is 0.416 e. The normalized spacial score (nSPS) is 14.3. The number of rotatable bonds is 4. The van der Waals surface area contributed by atoms with Crippen LogP contribution in [0.25, 0.3) is 11.3 Å². The molecule has 32 heavy (non-hydrogen) atoms. The highest BCUT2D eigenvalue weighted by molar-refractivity contribution is 6.29. The van der Waals surface area contributed by atoms with Gasteiger partial charge < -0.3 is 9.14 Å². The van der Waals surface area contributed by atoms with E-state index in [1.165, 1.54) is 4.90 Å². The second-order valence-electron chi connectivity index (χ2n) is 9.27. The minimum Gasteiger partial charge on any atom is -0.443 e. The maximum absolute atomic E-state index is 13.3. The summed E-state index contributed by atoms with van der Waals surface area (Å²) in [5, 5.41) is 4.84. The van der Waals surface area contributed by atoms with Crippen LogP contribution in [0.4, 0.5) is 10.6 Å². The molecule has 8 nitrogen and oxygen atoms in total. The van der Waals surface area contributed by atoms with Gasteiger partial charge in [-0.1, -0.05) is 17.7 Å². The summed E-state index contributed by atoms with van der Waals surface area (Å²) in [6, 6.07) is 5.62. The van der Waals surface area contributed by atoms with Gasteiger partial charge in [0.1, 0.15) is 22.2 Å². The van der Waals surface area contributed by atoms with Gasteiger partial charge in [-0.05, 0) is 58.1 Å². The minimum atomic E-state index is -0.663. The van der Waals surface area contributed by atoms with Crippen LogP contribution in [0.3, 0.4) is 0 Å². The molecule has 1 aliphatic rings. The number of fused-ring (bicyclic) bond motifs is 2. The van der Waals surface area contributed by atoms with E-state index in [1.807, 2.05) is 62.8 Å². The average Bonchev–Trinajstić information content (AvgIpc) is 3.31. The summed E-state index contributed by atoms with van der Waals surface area (Å²) in [6.45, 7) is 7.72. The standard InChI is InChI=1S/C23H25ClN6O2/c1-14-6-5-9-28-12-16(26-20(14)28)13-29(22(31)32-23(2,3)4)19-10-18(24)27-21-17(15-7-8-15)11-25-30(19)21/h5-6,9-12,15H,7-8,13H2,1-4H3. The molecule has 0 bridgehead atoms. The number of nitrogens with zero attached hydrogens (tertiary/aromatic N) is 6. The molecule has 0 atom stereocenters. The number of carbonyl (C=O) groups is 1. The van der Waals surface area contributed by atoms with Crippen LogP contribution in [-0.2, 0) is 11.3 Å². The van der Waals surface area contributed by atoms with Gasteiger partial charge in [0.15, 0.2) is 5.65 Å². The van der Waals surface area contributed by atoms with Crippen molar-refractivity contribution in [2.75, 3.05) is 4.90 Å². The largest absolute Gasteiger partial charge is 0.443 e. The molecule has 1 amide bonds. The summed E-state index contributed by atoms with van der Waals surface area (Å²) in [4.78, 5) is 24.1. The van der Waals surface area contributed by atoms with Crippen LogP contribution in [0.15, 0.2) is 36.8 Å². The number of anilines is 1. The molecule has 5 rings (SSSR count). The first kappa shape index (κ1) is 20.8. The van der Waals surface area contributed by atoms with Gasteiger partial charge in [0.25, 0.3) is 0 Å². The lowest BCUT2D eigenvalue weighted by molar-refractivity contribution is 0.0575. The Morgan fingerprint density at radius 1 is 1.28 bits per heavy atom. The fraction of sp³-hybridized carbons (Fsp3) is 0.391. The first-order chi connectivity index (χ1) is 15.2. The third-order valence-corrected chi connectivity index (χ3v) is 5.60. The molecule has 0 aromatic carbocycles. The van der Waals surface area contributed by atoms with E-state index in [0.717, 1.165) is 35.3 Å². The molecule has 0 saturated heterocycles. The summed E-state index contributed by atoms with van der Waals surface area (Å²) < 4.78 is 9.35. The molecule has 1 aliphatic carbocycles. The first-order valence-electron chi connectivity index (χ1n) is 10.7. The molecule has 4 aromatic rings. The van der Waals surface area contributed by atoms with E-state index >= 15 is 0 Å². The monoisotopic (exact) mass is 452 g/mol. The molecule has 9 heteroatoms. The van der Waals surface area contributed by atoms with E-state index < -0.39 is 11.7 Å². The second kappa shape index (κ2) is 7.48. The van der Waals surface area contributed by atoms with Crippen LogP contribution in [0, 0.1) is 6.92 Å². The van der Waals surface area contributed by atoms with Crippen molar-refractivity contribution < 1.29 is 9.53 Å². The van der Waals surface area contributed by atoms with E-state index in [9.17, 15) is 4.79 Å². The zero-order valence-electron chi connectivity index (χ0n) is 18.5. The number of carbonyl (C=O) groups excluding carboxylic acids is 1. The third-order valence-electron chi connectivity index (χ3n) is 5.40. The fourth-order valence-corrected chi connectivity index (χ4v) is 3.99. The van der Waals surface area contributed by atoms with Crippen molar-refractivity contribution >= 4 is 34.8 Å². The SMILES string of the molecule is Cc1cccn2cc(CN(C(=O)OC(C)(C)C)c3cc(Cl)nc4c(C5CC5)cnn34)nc12. The lowest BCUT2D eigenvalue weighted by Crippen LogP contribution is -2.37. The summed E-state index contributed by atoms with van der Waals surface area (Å²) in [6.07, 6.45) is 7.40. The minimum absolute atomic E-state index is 0.199. The Bertz CT molecular complexity index is 1330. The van der Waals surface area contributed by atoms with Crippen LogP contribution >= 0.6 is 11.6 Å². The van der Waals surface area contributed by atoms with Gasteiger partial charge in [0.2, 0.25) is 0 Å². The number of halogens is 1. The molecular formula is C23H25ClN6O2. The van der Waals surface area contributed by atoms with Crippen LogP contribution in [0.2, 0.25) is 5.15 Å². The van der Waals surface area contributed by atoms with Crippen LogP contribution in [-0.4, -0.2) is 35.7 Å². The van der Waals surface area contributed by atoms with Gasteiger partial charge in [0.05, 0.1) is 18.4 Å². The Hall–Kier alpha value is -3.13. The fourth-order valence-electron chi connectivity index (χ4n) is 3.81. The van der Waals surface area contributed by atoms with Gasteiger partial charge in [-0.15, -0.1) is 0 Å². The highest BCUT2D eigenvalue weighted by Gasteiger charge is 2.31. The third kappa shape index (κ3) is 3.90. The molecule has 0 N–H and O–H groups in total. The predicted molar refractivity (Wildman–Crippen MR) is 122 cm³/mol. The molecule has 0 unspecified atom stereocenters. The predicted octanol–water partition coefficient (Wildman–Crippen LogP) is 5.16. The van der Waals surface area contributed by atoms with Crippen molar-refractivity contribution in [3.05, 3.63) is 58.8 Å². The zero-order valence-corrected chi connectivity index (χ0v) is 19.3. The molecule has 4 aromatic heterocycles. The van der Waals surface area contributed by atoms with E-state index in [2.05, 4.69) is 10.1 Å². The molecule has 0 aliphatic heterocycles. The Morgan fingerprint density at radius 3 is 2.75 bits per heavy atom. The summed E-state index contributed by atoms with van der Waals surface area (Å²) >= 11 is 6.40. The van der Waals surface area contributed by atoms with Crippen molar-refractivity contribution in [3.8, 4) is 0 Å². The molecule has 4 heterocycles. The maximum atomic E-state index is 13.3. The molecule has 1 saturated carbocycles. The van der Waals surface area contributed by atoms with Crippen molar-refractivity contribution in [3.63, 3.8) is 0 Å². The van der Waals surface area contributed by atoms with E-state index in [4.69, 9.17) is 21.3 Å². The summed E-state index contributed by atoms with van der Waals surface area (Å²) in [5.41, 5.74) is 3.69. The highest BCUT2D eigenvalue weighted by Crippen LogP contribution is 2.42. The number of amides is 1. The van der Waals surface area contributed by atoms with Crippen molar-refractivity contribution in [2.45, 2.75) is 58.6 Å². The van der Waals surface area contributed by atoms with E-state index in [-0.39, 0.29) is 6.54 Å². The van der Waals surface area contributed by atoms with E-state index in [0.29, 0.717) is 22.5 Å². The molecule has 0 spiro atoms. The number of pyridine rings is 1. The number of aryl methyl sites for hydroxylation is 1. The highest BCUT2D eigenvalue weighted by atomic mass is 35.5. The molecule has 1 fully saturated rings. The Balaban J connectivity index is 1.61. The van der Waals surface area contributed by atoms with Gasteiger partial charge in [0, 0.05) is 24.0 Å². The zero-order chi connectivity index (χ0) is 22.6. The number of ether oxygens (including phenoxy) is 1. The number of hydrogen-bond acceptors (Lipinski definition) is 5. The molecule has 166 valence electrons. The van der Waals surface area contributed by atoms with Crippen LogP contribution < -0.4 is 4.90 Å². The summed E-state index contributed by atoms with van der Waals surface area (Å²) in [7, 11) is 0. The number of hydrogen-bond donors (Lipinski definition) is 0. The Morgan fingerprint density at radius 2 is 2.06 bits per heavy atom. The Kier molecular flexibility index (Phi) is 4.85. The average molecular weight is 453 g/mol. The lowest BCUT2D eigenvalue weighted by Gasteiger charge is -2.27. The quantitative estimate of drug-likeness (QED) is 0.400. The Labute approximate surface area is 190 Å². The van der Waals surface area contributed by atoms with Crippen LogP contribution in [0.5, 0.6) is 0 Å². The second-order valence-corrected chi connectivity index (χ2v) is 9.65. The molecular weight excluding hydrogens is 428 g/mol. The number of imidazole rings is 1. The van der Waals surface area contributed by atoms with E-state index in [1.54, 1.807) is 10.6 Å². The molecule has 0 radical (unpaired) electrons. The van der Waals surface area contributed by atoms with Gasteiger partial charge in [-0.25, -0.2) is 14.8 Å². The van der Waals surface area contributed by atoms with Crippen molar-refractivity contribution in [2.24, 2.45) is 0 Å². The first-order valence-corrected chi connectivity index (χ1v) is 11.1. The topological polar surface area (TPSA) is 77.0 Å². The smallest absolute Gasteiger partial charge is 0.416 e. The lowest BCUT2D eigenvalue weighted by atomic mass is 10.2. The van der Waals surface area contributed by atoms with Crippen molar-refractivity contribution in [1.29, 1.82) is 0 Å². The van der Waals surface area contributed by atoms with Crippen molar-refractivity contribution in [1.82, 2.24) is 24.0 Å². The summed E-state index contributed by atoms with van der Waals surface area (Å²) in [5.74, 6) is 0.942. The van der Waals surface area contributed by atoms with Gasteiger partial charge in [-0.3, -0.25) is 4.90 Å². The van der Waals surface area contributed by atoms with Crippen LogP contribution in [0.1, 0.15) is 56.4 Å². The number of aromatic nitrogens is 5.